The van der Waals surface area contributed by atoms with Gasteiger partial charge in [-0.2, -0.15) is 13.2 Å². The number of ether oxygens (including phenoxy) is 1. The van der Waals surface area contributed by atoms with Crippen LogP contribution in [0.5, 0.6) is 0 Å². The zero-order valence-corrected chi connectivity index (χ0v) is 16.5. The first-order chi connectivity index (χ1) is 12.6. The third-order valence-corrected chi connectivity index (χ3v) is 5.01. The molecule has 1 fully saturated rings. The fourth-order valence-electron chi connectivity index (χ4n) is 3.16. The maximum Gasteiger partial charge on any atom is 0.416 e. The molecule has 1 aliphatic heterocycles. The number of amides is 1. The van der Waals surface area contributed by atoms with E-state index in [0.29, 0.717) is 25.4 Å². The van der Waals surface area contributed by atoms with E-state index >= 15 is 0 Å². The predicted molar refractivity (Wildman–Crippen MR) is 99.9 cm³/mol. The van der Waals surface area contributed by atoms with Gasteiger partial charge in [0.2, 0.25) is 5.91 Å². The Morgan fingerprint density at radius 3 is 2.44 bits per heavy atom. The number of hydrogen-bond acceptors (Lipinski definition) is 3. The summed E-state index contributed by atoms with van der Waals surface area (Å²) >= 11 is 6.02. The van der Waals surface area contributed by atoms with Gasteiger partial charge in [0, 0.05) is 19.7 Å². The standard InChI is InChI=1S/C19H26ClF3N2O2/c1-4-27-14-7-9-25(10-8-14)18(26)17(12(2)3)24-16-6-5-13(11-15(16)20)19(21,22)23/h5-6,11-12,14,17,24H,4,7-10H2,1-3H3/t17-/m0/s1. The van der Waals surface area contributed by atoms with E-state index in [9.17, 15) is 18.0 Å². The Labute approximate surface area is 163 Å². The van der Waals surface area contributed by atoms with E-state index in [0.717, 1.165) is 25.0 Å². The molecule has 1 amide bonds. The van der Waals surface area contributed by atoms with Crippen LogP contribution in [0, 0.1) is 5.92 Å². The van der Waals surface area contributed by atoms with Crippen molar-refractivity contribution in [1.82, 2.24) is 4.90 Å². The smallest absolute Gasteiger partial charge is 0.378 e. The number of nitrogens with zero attached hydrogens (tertiary/aromatic N) is 1. The van der Waals surface area contributed by atoms with E-state index in [1.54, 1.807) is 4.90 Å². The van der Waals surface area contributed by atoms with E-state index in [1.165, 1.54) is 6.07 Å². The first kappa shape index (κ1) is 21.8. The topological polar surface area (TPSA) is 41.6 Å². The van der Waals surface area contributed by atoms with Crippen LogP contribution >= 0.6 is 11.6 Å². The first-order valence-corrected chi connectivity index (χ1v) is 9.55. The Kier molecular flexibility index (Phi) is 7.40. The molecule has 0 aliphatic carbocycles. The van der Waals surface area contributed by atoms with Crippen molar-refractivity contribution in [2.45, 2.75) is 51.9 Å². The molecule has 0 aromatic heterocycles. The summed E-state index contributed by atoms with van der Waals surface area (Å²) in [5.74, 6) is -0.128. The highest BCUT2D eigenvalue weighted by atomic mass is 35.5. The average Bonchev–Trinajstić information content (AvgIpc) is 2.60. The van der Waals surface area contributed by atoms with Gasteiger partial charge in [0.1, 0.15) is 6.04 Å². The van der Waals surface area contributed by atoms with Gasteiger partial charge in [0.15, 0.2) is 0 Å². The highest BCUT2D eigenvalue weighted by molar-refractivity contribution is 6.33. The molecule has 1 saturated heterocycles. The van der Waals surface area contributed by atoms with Gasteiger partial charge in [-0.1, -0.05) is 25.4 Å². The van der Waals surface area contributed by atoms with Crippen molar-refractivity contribution in [3.8, 4) is 0 Å². The van der Waals surface area contributed by atoms with Gasteiger partial charge in [0.25, 0.3) is 0 Å². The molecular formula is C19H26ClF3N2O2. The van der Waals surface area contributed by atoms with Crippen molar-refractivity contribution < 1.29 is 22.7 Å². The van der Waals surface area contributed by atoms with E-state index in [1.807, 2.05) is 20.8 Å². The molecule has 1 aromatic carbocycles. The van der Waals surface area contributed by atoms with Crippen molar-refractivity contribution >= 4 is 23.2 Å². The molecule has 1 N–H and O–H groups in total. The van der Waals surface area contributed by atoms with Crippen molar-refractivity contribution in [2.75, 3.05) is 25.0 Å². The molecule has 27 heavy (non-hydrogen) atoms. The molecule has 1 heterocycles. The lowest BCUT2D eigenvalue weighted by Crippen LogP contribution is -2.49. The second kappa shape index (κ2) is 9.15. The molecule has 1 aromatic rings. The van der Waals surface area contributed by atoms with Crippen LogP contribution in [0.1, 0.15) is 39.2 Å². The Morgan fingerprint density at radius 2 is 1.96 bits per heavy atom. The lowest BCUT2D eigenvalue weighted by molar-refractivity contribution is -0.138. The number of piperidine rings is 1. The van der Waals surface area contributed by atoms with E-state index in [4.69, 9.17) is 16.3 Å². The summed E-state index contributed by atoms with van der Waals surface area (Å²) in [7, 11) is 0. The normalized spacial score (nSPS) is 17.3. The Balaban J connectivity index is 2.09. The van der Waals surface area contributed by atoms with Crippen LogP contribution in [0.2, 0.25) is 5.02 Å². The van der Waals surface area contributed by atoms with Crippen LogP contribution < -0.4 is 5.32 Å². The monoisotopic (exact) mass is 406 g/mol. The molecule has 0 spiro atoms. The van der Waals surface area contributed by atoms with Crippen molar-refractivity contribution in [3.63, 3.8) is 0 Å². The van der Waals surface area contributed by atoms with Gasteiger partial charge in [-0.25, -0.2) is 0 Å². The molecule has 0 bridgehead atoms. The lowest BCUT2D eigenvalue weighted by atomic mass is 10.00. The Bertz CT molecular complexity index is 644. The minimum atomic E-state index is -4.46. The largest absolute Gasteiger partial charge is 0.416 e. The van der Waals surface area contributed by atoms with Crippen LogP contribution in [-0.2, 0) is 15.7 Å². The van der Waals surface area contributed by atoms with Crippen molar-refractivity contribution in [2.24, 2.45) is 5.92 Å². The maximum atomic E-state index is 12.9. The maximum absolute atomic E-state index is 12.9. The summed E-state index contributed by atoms with van der Waals surface area (Å²) in [6, 6.07) is 2.54. The number of alkyl halides is 3. The highest BCUT2D eigenvalue weighted by Gasteiger charge is 2.33. The summed E-state index contributed by atoms with van der Waals surface area (Å²) in [5, 5.41) is 2.98. The Morgan fingerprint density at radius 1 is 1.33 bits per heavy atom. The minimum absolute atomic E-state index is 0.0551. The number of nitrogens with one attached hydrogen (secondary N) is 1. The van der Waals surface area contributed by atoms with E-state index < -0.39 is 17.8 Å². The number of benzene rings is 1. The molecule has 1 atom stereocenters. The molecule has 152 valence electrons. The fourth-order valence-corrected chi connectivity index (χ4v) is 3.40. The summed E-state index contributed by atoms with van der Waals surface area (Å²) in [5.41, 5.74) is -0.496. The second-order valence-corrected chi connectivity index (χ2v) is 7.45. The zero-order valence-electron chi connectivity index (χ0n) is 15.8. The van der Waals surface area contributed by atoms with Crippen LogP contribution in [-0.4, -0.2) is 42.6 Å². The van der Waals surface area contributed by atoms with Crippen LogP contribution in [0.25, 0.3) is 0 Å². The summed E-state index contributed by atoms with van der Waals surface area (Å²) in [6.07, 6.45) is -2.72. The molecule has 8 heteroatoms. The van der Waals surface area contributed by atoms with E-state index in [-0.39, 0.29) is 23.0 Å². The second-order valence-electron chi connectivity index (χ2n) is 7.04. The SMILES string of the molecule is CCOC1CCN(C(=O)[C@@H](Nc2ccc(C(F)(F)F)cc2Cl)C(C)C)CC1. The third-order valence-electron chi connectivity index (χ3n) is 4.70. The third kappa shape index (κ3) is 5.75. The van der Waals surface area contributed by atoms with Gasteiger partial charge in [-0.05, 0) is 43.9 Å². The molecule has 0 saturated carbocycles. The first-order valence-electron chi connectivity index (χ1n) is 9.17. The van der Waals surface area contributed by atoms with Crippen LogP contribution in [0.15, 0.2) is 18.2 Å². The van der Waals surface area contributed by atoms with Crippen LogP contribution in [0.4, 0.5) is 18.9 Å². The molecule has 2 rings (SSSR count). The molecule has 4 nitrogen and oxygen atoms in total. The molecular weight excluding hydrogens is 381 g/mol. The van der Waals surface area contributed by atoms with Crippen molar-refractivity contribution in [1.29, 1.82) is 0 Å². The van der Waals surface area contributed by atoms with E-state index in [2.05, 4.69) is 5.32 Å². The number of carbonyl (C=O) groups is 1. The van der Waals surface area contributed by atoms with Gasteiger partial charge in [-0.3, -0.25) is 4.79 Å². The Hall–Kier alpha value is -1.47. The number of rotatable bonds is 6. The van der Waals surface area contributed by atoms with Gasteiger partial charge < -0.3 is 15.0 Å². The fraction of sp³-hybridized carbons (Fsp3) is 0.632. The van der Waals surface area contributed by atoms with Crippen LogP contribution in [0.3, 0.4) is 0 Å². The molecule has 0 radical (unpaired) electrons. The number of hydrogen-bond donors (Lipinski definition) is 1. The summed E-state index contributed by atoms with van der Waals surface area (Å²) in [4.78, 5) is 14.7. The average molecular weight is 407 g/mol. The van der Waals surface area contributed by atoms with Crippen molar-refractivity contribution in [3.05, 3.63) is 28.8 Å². The number of likely N-dealkylation sites (tertiary alicyclic amines) is 1. The highest BCUT2D eigenvalue weighted by Crippen LogP contribution is 2.34. The summed E-state index contributed by atoms with van der Waals surface area (Å²) < 4.78 is 44.0. The quantitative estimate of drug-likeness (QED) is 0.736. The van der Waals surface area contributed by atoms with Gasteiger partial charge in [-0.15, -0.1) is 0 Å². The molecule has 0 unspecified atom stereocenters. The van der Waals surface area contributed by atoms with Gasteiger partial charge >= 0.3 is 6.18 Å². The molecule has 1 aliphatic rings. The predicted octanol–water partition coefficient (Wildman–Crippen LogP) is 4.82. The van der Waals surface area contributed by atoms with Gasteiger partial charge in [0.05, 0.1) is 22.4 Å². The number of carbonyl (C=O) groups excluding carboxylic acids is 1. The summed E-state index contributed by atoms with van der Waals surface area (Å²) in [6.45, 7) is 7.59. The number of halogens is 4. The minimum Gasteiger partial charge on any atom is -0.378 e. The zero-order chi connectivity index (χ0) is 20.2. The number of anilines is 1. The lowest BCUT2D eigenvalue weighted by Gasteiger charge is -2.35.